The highest BCUT2D eigenvalue weighted by molar-refractivity contribution is 5.63. The summed E-state index contributed by atoms with van der Waals surface area (Å²) >= 11 is 0. The Bertz CT molecular complexity index is 416. The minimum atomic E-state index is 0.410. The van der Waals surface area contributed by atoms with Gasteiger partial charge >= 0.3 is 0 Å². The minimum Gasteiger partial charge on any atom is -0.398 e. The van der Waals surface area contributed by atoms with Crippen LogP contribution in [0.4, 0.5) is 11.4 Å². The maximum Gasteiger partial charge on any atom is 0.101 e. The largest absolute Gasteiger partial charge is 0.398 e. The van der Waals surface area contributed by atoms with E-state index in [1.54, 1.807) is 0 Å². The van der Waals surface area contributed by atoms with Gasteiger partial charge in [0.15, 0.2) is 0 Å². The van der Waals surface area contributed by atoms with Crippen molar-refractivity contribution < 1.29 is 0 Å². The Morgan fingerprint density at radius 1 is 1.29 bits per heavy atom. The van der Waals surface area contributed by atoms with E-state index in [0.717, 1.165) is 12.2 Å². The first-order chi connectivity index (χ1) is 7.95. The lowest BCUT2D eigenvalue weighted by atomic mass is 10.1. The van der Waals surface area contributed by atoms with Crippen molar-refractivity contribution in [2.24, 2.45) is 5.92 Å². The molecule has 3 nitrogen and oxygen atoms in total. The predicted octanol–water partition coefficient (Wildman–Crippen LogP) is 3.01. The molecule has 92 valence electrons. The molecule has 2 N–H and O–H groups in total. The van der Waals surface area contributed by atoms with Crippen LogP contribution in [0.1, 0.15) is 33.3 Å². The van der Waals surface area contributed by atoms with Crippen molar-refractivity contribution in [1.29, 1.82) is 5.26 Å². The van der Waals surface area contributed by atoms with E-state index in [0.29, 0.717) is 23.2 Å². The molecule has 0 amide bonds. The molecule has 0 saturated carbocycles. The third-order valence-electron chi connectivity index (χ3n) is 2.67. The van der Waals surface area contributed by atoms with E-state index in [1.807, 2.05) is 18.2 Å². The van der Waals surface area contributed by atoms with E-state index in [4.69, 9.17) is 11.0 Å². The zero-order chi connectivity index (χ0) is 13.0. The summed E-state index contributed by atoms with van der Waals surface area (Å²) in [7, 11) is 0. The molecule has 1 rings (SSSR count). The quantitative estimate of drug-likeness (QED) is 0.810. The second-order valence-electron chi connectivity index (χ2n) is 5.02. The number of nitrogen functional groups attached to an aromatic ring is 1. The van der Waals surface area contributed by atoms with E-state index in [9.17, 15) is 0 Å². The van der Waals surface area contributed by atoms with Crippen molar-refractivity contribution in [3.8, 4) is 6.07 Å². The second-order valence-corrected chi connectivity index (χ2v) is 5.02. The zero-order valence-electron chi connectivity index (χ0n) is 11.1. The first-order valence-electron chi connectivity index (χ1n) is 6.02. The average Bonchev–Trinajstić information content (AvgIpc) is 2.26. The SMILES string of the molecule is CC(C)CN(c1ccc(N)c(C#N)c1)C(C)C. The van der Waals surface area contributed by atoms with Gasteiger partial charge in [0.1, 0.15) is 6.07 Å². The highest BCUT2D eigenvalue weighted by atomic mass is 15.2. The normalized spacial score (nSPS) is 10.6. The average molecular weight is 231 g/mol. The Kier molecular flexibility index (Phi) is 4.39. The third-order valence-corrected chi connectivity index (χ3v) is 2.67. The standard InChI is InChI=1S/C14H21N3/c1-10(2)9-17(11(3)4)13-5-6-14(16)12(7-13)8-15/h5-7,10-11H,9,16H2,1-4H3. The fourth-order valence-electron chi connectivity index (χ4n) is 1.83. The summed E-state index contributed by atoms with van der Waals surface area (Å²) < 4.78 is 0. The Hall–Kier alpha value is -1.69. The highest BCUT2D eigenvalue weighted by Crippen LogP contribution is 2.23. The van der Waals surface area contributed by atoms with Crippen LogP contribution >= 0.6 is 0 Å². The van der Waals surface area contributed by atoms with Crippen molar-refractivity contribution in [2.75, 3.05) is 17.2 Å². The number of benzene rings is 1. The minimum absolute atomic E-state index is 0.410. The van der Waals surface area contributed by atoms with Crippen molar-refractivity contribution in [3.63, 3.8) is 0 Å². The van der Waals surface area contributed by atoms with Crippen LogP contribution in [0.15, 0.2) is 18.2 Å². The maximum absolute atomic E-state index is 9.00. The van der Waals surface area contributed by atoms with Gasteiger partial charge in [-0.25, -0.2) is 0 Å². The fraction of sp³-hybridized carbons (Fsp3) is 0.500. The van der Waals surface area contributed by atoms with Crippen molar-refractivity contribution in [1.82, 2.24) is 0 Å². The van der Waals surface area contributed by atoms with Gasteiger partial charge in [0.2, 0.25) is 0 Å². The van der Waals surface area contributed by atoms with E-state index in [1.165, 1.54) is 0 Å². The summed E-state index contributed by atoms with van der Waals surface area (Å²) in [6, 6.07) is 8.21. The molecule has 0 radical (unpaired) electrons. The molecule has 0 aliphatic rings. The molecule has 0 fully saturated rings. The Morgan fingerprint density at radius 3 is 2.41 bits per heavy atom. The smallest absolute Gasteiger partial charge is 0.101 e. The molecule has 17 heavy (non-hydrogen) atoms. The summed E-state index contributed by atoms with van der Waals surface area (Å²) in [4.78, 5) is 2.30. The molecule has 0 aliphatic carbocycles. The number of rotatable bonds is 4. The molecule has 0 saturated heterocycles. The van der Waals surface area contributed by atoms with Gasteiger partial charge in [-0.1, -0.05) is 13.8 Å². The van der Waals surface area contributed by atoms with E-state index in [-0.39, 0.29) is 0 Å². The topological polar surface area (TPSA) is 53.0 Å². The predicted molar refractivity (Wildman–Crippen MR) is 72.9 cm³/mol. The molecule has 0 atom stereocenters. The van der Waals surface area contributed by atoms with Gasteiger partial charge in [-0.2, -0.15) is 5.26 Å². The Morgan fingerprint density at radius 2 is 1.94 bits per heavy atom. The van der Waals surface area contributed by atoms with Crippen LogP contribution in [0.25, 0.3) is 0 Å². The van der Waals surface area contributed by atoms with Crippen LogP contribution in [0.2, 0.25) is 0 Å². The first kappa shape index (κ1) is 13.4. The van der Waals surface area contributed by atoms with Crippen LogP contribution in [-0.4, -0.2) is 12.6 Å². The van der Waals surface area contributed by atoms with E-state index < -0.39 is 0 Å². The maximum atomic E-state index is 9.00. The molecule has 0 bridgehead atoms. The van der Waals surface area contributed by atoms with E-state index in [2.05, 4.69) is 38.7 Å². The highest BCUT2D eigenvalue weighted by Gasteiger charge is 2.13. The molecule has 0 spiro atoms. The second kappa shape index (κ2) is 5.58. The van der Waals surface area contributed by atoms with Crippen LogP contribution in [-0.2, 0) is 0 Å². The summed E-state index contributed by atoms with van der Waals surface area (Å²) in [5, 5.41) is 9.00. The zero-order valence-corrected chi connectivity index (χ0v) is 11.1. The first-order valence-corrected chi connectivity index (χ1v) is 6.02. The van der Waals surface area contributed by atoms with Crippen molar-refractivity contribution in [2.45, 2.75) is 33.7 Å². The summed E-state index contributed by atoms with van der Waals surface area (Å²) in [6.07, 6.45) is 0. The summed E-state index contributed by atoms with van der Waals surface area (Å²) in [5.41, 5.74) is 7.90. The number of nitriles is 1. The van der Waals surface area contributed by atoms with Gasteiger partial charge in [0.25, 0.3) is 0 Å². The van der Waals surface area contributed by atoms with Gasteiger partial charge < -0.3 is 10.6 Å². The molecule has 0 aromatic heterocycles. The Labute approximate surface area is 104 Å². The number of anilines is 2. The third kappa shape index (κ3) is 3.39. The van der Waals surface area contributed by atoms with Crippen molar-refractivity contribution in [3.05, 3.63) is 23.8 Å². The number of hydrogen-bond acceptors (Lipinski definition) is 3. The Balaban J connectivity index is 3.07. The molecule has 0 aliphatic heterocycles. The van der Waals surface area contributed by atoms with E-state index >= 15 is 0 Å². The summed E-state index contributed by atoms with van der Waals surface area (Å²) in [6.45, 7) is 9.68. The lowest BCUT2D eigenvalue weighted by molar-refractivity contribution is 0.571. The van der Waals surface area contributed by atoms with Crippen LogP contribution < -0.4 is 10.6 Å². The van der Waals surface area contributed by atoms with Crippen LogP contribution in [0.3, 0.4) is 0 Å². The lowest BCUT2D eigenvalue weighted by Gasteiger charge is -2.31. The van der Waals surface area contributed by atoms with Crippen LogP contribution in [0.5, 0.6) is 0 Å². The fourth-order valence-corrected chi connectivity index (χ4v) is 1.83. The van der Waals surface area contributed by atoms with Gasteiger partial charge in [-0.05, 0) is 38.0 Å². The van der Waals surface area contributed by atoms with Gasteiger partial charge in [0.05, 0.1) is 5.56 Å². The van der Waals surface area contributed by atoms with Crippen LogP contribution in [0, 0.1) is 17.2 Å². The number of nitrogens with zero attached hydrogens (tertiary/aromatic N) is 2. The van der Waals surface area contributed by atoms with Gasteiger partial charge in [-0.15, -0.1) is 0 Å². The molecule has 1 aromatic carbocycles. The number of nitrogens with two attached hydrogens (primary N) is 1. The van der Waals surface area contributed by atoms with Gasteiger partial charge in [-0.3, -0.25) is 0 Å². The molecular weight excluding hydrogens is 210 g/mol. The molecule has 0 unspecified atom stereocenters. The molecule has 1 aromatic rings. The summed E-state index contributed by atoms with van der Waals surface area (Å²) in [5.74, 6) is 0.584. The molecule has 3 heteroatoms. The molecule has 0 heterocycles. The van der Waals surface area contributed by atoms with Gasteiger partial charge in [0, 0.05) is 24.0 Å². The molecular formula is C14H21N3. The number of hydrogen-bond donors (Lipinski definition) is 1. The van der Waals surface area contributed by atoms with Crippen molar-refractivity contribution >= 4 is 11.4 Å². The lowest BCUT2D eigenvalue weighted by Crippen LogP contribution is -2.34. The monoisotopic (exact) mass is 231 g/mol.